The summed E-state index contributed by atoms with van der Waals surface area (Å²) in [6.07, 6.45) is 3.72. The molecule has 2 rings (SSSR count). The Kier molecular flexibility index (Phi) is 4.66. The van der Waals surface area contributed by atoms with Crippen molar-refractivity contribution in [2.75, 3.05) is 18.9 Å². The van der Waals surface area contributed by atoms with Gasteiger partial charge in [-0.05, 0) is 36.8 Å². The minimum Gasteiger partial charge on any atom is -0.484 e. The molecule has 1 saturated carbocycles. The van der Waals surface area contributed by atoms with Crippen LogP contribution in [0.3, 0.4) is 0 Å². The summed E-state index contributed by atoms with van der Waals surface area (Å²) in [6.45, 7) is 3.08. The molecule has 19 heavy (non-hydrogen) atoms. The standard InChI is InChI=1S/C15H22N2O2/c1-11-5-6-12(7-11)9-17-15(18)10-19-14-4-2-3-13(16)8-14/h2-4,8,11-12H,5-7,9-10,16H2,1H3,(H,17,18). The van der Waals surface area contributed by atoms with Gasteiger partial charge in [0, 0.05) is 18.3 Å². The highest BCUT2D eigenvalue weighted by molar-refractivity contribution is 5.77. The average Bonchev–Trinajstić information content (AvgIpc) is 2.80. The van der Waals surface area contributed by atoms with E-state index in [4.69, 9.17) is 10.5 Å². The van der Waals surface area contributed by atoms with Gasteiger partial charge in [0.05, 0.1) is 0 Å². The molecule has 4 nitrogen and oxygen atoms in total. The van der Waals surface area contributed by atoms with Gasteiger partial charge in [-0.3, -0.25) is 4.79 Å². The van der Waals surface area contributed by atoms with Gasteiger partial charge in [0.15, 0.2) is 6.61 Å². The van der Waals surface area contributed by atoms with E-state index in [-0.39, 0.29) is 12.5 Å². The molecule has 0 aromatic heterocycles. The van der Waals surface area contributed by atoms with Crippen molar-refractivity contribution >= 4 is 11.6 Å². The molecule has 3 N–H and O–H groups in total. The lowest BCUT2D eigenvalue weighted by atomic mass is 10.1. The Bertz CT molecular complexity index is 434. The molecule has 1 aliphatic rings. The van der Waals surface area contributed by atoms with Crippen LogP contribution in [0.1, 0.15) is 26.2 Å². The number of nitrogens with one attached hydrogen (secondary N) is 1. The highest BCUT2D eigenvalue weighted by Gasteiger charge is 2.21. The lowest BCUT2D eigenvalue weighted by Crippen LogP contribution is -2.32. The van der Waals surface area contributed by atoms with Gasteiger partial charge < -0.3 is 15.8 Å². The number of hydrogen-bond donors (Lipinski definition) is 2. The van der Waals surface area contributed by atoms with Crippen LogP contribution in [0.2, 0.25) is 0 Å². The van der Waals surface area contributed by atoms with E-state index >= 15 is 0 Å². The number of nitrogen functional groups attached to an aromatic ring is 1. The maximum atomic E-state index is 11.7. The number of carbonyl (C=O) groups excluding carboxylic acids is 1. The summed E-state index contributed by atoms with van der Waals surface area (Å²) < 4.78 is 5.39. The molecule has 1 fully saturated rings. The molecule has 0 spiro atoms. The predicted octanol–water partition coefficient (Wildman–Crippen LogP) is 2.20. The Morgan fingerprint density at radius 1 is 1.47 bits per heavy atom. The zero-order valence-corrected chi connectivity index (χ0v) is 11.4. The van der Waals surface area contributed by atoms with Crippen molar-refractivity contribution in [2.24, 2.45) is 11.8 Å². The Hall–Kier alpha value is -1.71. The van der Waals surface area contributed by atoms with Crippen LogP contribution in [0.15, 0.2) is 24.3 Å². The number of ether oxygens (including phenoxy) is 1. The summed E-state index contributed by atoms with van der Waals surface area (Å²) in [7, 11) is 0. The zero-order valence-electron chi connectivity index (χ0n) is 11.4. The summed E-state index contributed by atoms with van der Waals surface area (Å²) in [6, 6.07) is 7.10. The quantitative estimate of drug-likeness (QED) is 0.800. The molecule has 0 aliphatic heterocycles. The monoisotopic (exact) mass is 262 g/mol. The third-order valence-corrected chi connectivity index (χ3v) is 3.62. The van der Waals surface area contributed by atoms with Crippen molar-refractivity contribution in [1.29, 1.82) is 0 Å². The first-order chi connectivity index (χ1) is 9.13. The van der Waals surface area contributed by atoms with Crippen molar-refractivity contribution in [3.8, 4) is 5.75 Å². The summed E-state index contributed by atoms with van der Waals surface area (Å²) in [4.78, 5) is 11.7. The SMILES string of the molecule is CC1CCC(CNC(=O)COc2cccc(N)c2)C1. The van der Waals surface area contributed by atoms with Crippen molar-refractivity contribution in [2.45, 2.75) is 26.2 Å². The van der Waals surface area contributed by atoms with Crippen LogP contribution in [0.5, 0.6) is 5.75 Å². The van der Waals surface area contributed by atoms with Crippen LogP contribution in [0.4, 0.5) is 5.69 Å². The molecular weight excluding hydrogens is 240 g/mol. The van der Waals surface area contributed by atoms with Crippen LogP contribution in [-0.4, -0.2) is 19.1 Å². The predicted molar refractivity (Wildman–Crippen MR) is 75.9 cm³/mol. The molecule has 1 aromatic rings. The fraction of sp³-hybridized carbons (Fsp3) is 0.533. The second-order valence-corrected chi connectivity index (χ2v) is 5.45. The summed E-state index contributed by atoms with van der Waals surface area (Å²) >= 11 is 0. The lowest BCUT2D eigenvalue weighted by molar-refractivity contribution is -0.123. The van der Waals surface area contributed by atoms with Gasteiger partial charge in [0.2, 0.25) is 0 Å². The van der Waals surface area contributed by atoms with E-state index in [0.717, 1.165) is 12.5 Å². The number of carbonyl (C=O) groups is 1. The smallest absolute Gasteiger partial charge is 0.257 e. The molecule has 2 unspecified atom stereocenters. The Balaban J connectivity index is 1.67. The van der Waals surface area contributed by atoms with Crippen LogP contribution in [0.25, 0.3) is 0 Å². The maximum absolute atomic E-state index is 11.7. The first-order valence-corrected chi connectivity index (χ1v) is 6.88. The molecule has 0 heterocycles. The van der Waals surface area contributed by atoms with Gasteiger partial charge in [-0.1, -0.05) is 19.4 Å². The van der Waals surface area contributed by atoms with E-state index in [0.29, 0.717) is 17.4 Å². The second kappa shape index (κ2) is 6.45. The lowest BCUT2D eigenvalue weighted by Gasteiger charge is -2.12. The summed E-state index contributed by atoms with van der Waals surface area (Å²) in [5.41, 5.74) is 6.28. The van der Waals surface area contributed by atoms with Gasteiger partial charge in [0.25, 0.3) is 5.91 Å². The molecule has 4 heteroatoms. The minimum atomic E-state index is -0.0676. The maximum Gasteiger partial charge on any atom is 0.257 e. The topological polar surface area (TPSA) is 64.3 Å². The Morgan fingerprint density at radius 2 is 2.32 bits per heavy atom. The summed E-state index contributed by atoms with van der Waals surface area (Å²) in [5, 5.41) is 2.93. The molecule has 104 valence electrons. The van der Waals surface area contributed by atoms with E-state index in [2.05, 4.69) is 12.2 Å². The van der Waals surface area contributed by atoms with Crippen molar-refractivity contribution < 1.29 is 9.53 Å². The molecule has 1 amide bonds. The highest BCUT2D eigenvalue weighted by atomic mass is 16.5. The van der Waals surface area contributed by atoms with Crippen LogP contribution in [0, 0.1) is 11.8 Å². The van der Waals surface area contributed by atoms with Crippen molar-refractivity contribution in [3.63, 3.8) is 0 Å². The molecular formula is C15H22N2O2. The van der Waals surface area contributed by atoms with Crippen LogP contribution >= 0.6 is 0 Å². The second-order valence-electron chi connectivity index (χ2n) is 5.45. The molecule has 2 atom stereocenters. The van der Waals surface area contributed by atoms with Crippen LogP contribution < -0.4 is 15.8 Å². The van der Waals surface area contributed by atoms with Crippen LogP contribution in [-0.2, 0) is 4.79 Å². The molecule has 1 aromatic carbocycles. The number of benzene rings is 1. The fourth-order valence-electron chi connectivity index (χ4n) is 2.57. The van der Waals surface area contributed by atoms with Gasteiger partial charge in [-0.25, -0.2) is 0 Å². The van der Waals surface area contributed by atoms with Gasteiger partial charge in [-0.15, -0.1) is 0 Å². The minimum absolute atomic E-state index is 0.0473. The zero-order chi connectivity index (χ0) is 13.7. The Labute approximate surface area is 114 Å². The number of amides is 1. The number of anilines is 1. The normalized spacial score (nSPS) is 22.2. The third kappa shape index (κ3) is 4.47. The number of rotatable bonds is 5. The van der Waals surface area contributed by atoms with Gasteiger partial charge >= 0.3 is 0 Å². The largest absolute Gasteiger partial charge is 0.484 e. The first kappa shape index (κ1) is 13.7. The Morgan fingerprint density at radius 3 is 3.00 bits per heavy atom. The fourth-order valence-corrected chi connectivity index (χ4v) is 2.57. The van der Waals surface area contributed by atoms with E-state index < -0.39 is 0 Å². The van der Waals surface area contributed by atoms with E-state index in [1.54, 1.807) is 18.2 Å². The van der Waals surface area contributed by atoms with Crippen molar-refractivity contribution in [1.82, 2.24) is 5.32 Å². The summed E-state index contributed by atoms with van der Waals surface area (Å²) in [5.74, 6) is 1.99. The van der Waals surface area contributed by atoms with Gasteiger partial charge in [-0.2, -0.15) is 0 Å². The van der Waals surface area contributed by atoms with E-state index in [9.17, 15) is 4.79 Å². The molecule has 0 radical (unpaired) electrons. The van der Waals surface area contributed by atoms with E-state index in [1.807, 2.05) is 6.07 Å². The third-order valence-electron chi connectivity index (χ3n) is 3.62. The first-order valence-electron chi connectivity index (χ1n) is 6.88. The van der Waals surface area contributed by atoms with E-state index in [1.165, 1.54) is 19.3 Å². The number of hydrogen-bond acceptors (Lipinski definition) is 3. The van der Waals surface area contributed by atoms with Crippen molar-refractivity contribution in [3.05, 3.63) is 24.3 Å². The molecule has 0 bridgehead atoms. The average molecular weight is 262 g/mol. The molecule has 1 aliphatic carbocycles. The molecule has 0 saturated heterocycles. The highest BCUT2D eigenvalue weighted by Crippen LogP contribution is 2.29. The number of nitrogens with two attached hydrogens (primary N) is 1. The van der Waals surface area contributed by atoms with Gasteiger partial charge in [0.1, 0.15) is 5.75 Å².